The summed E-state index contributed by atoms with van der Waals surface area (Å²) in [5.74, 6) is -0.940. The van der Waals surface area contributed by atoms with Gasteiger partial charge in [-0.1, -0.05) is 26.7 Å². The summed E-state index contributed by atoms with van der Waals surface area (Å²) >= 11 is 0. The zero-order valence-electron chi connectivity index (χ0n) is 11.2. The molecule has 2 unspecified atom stereocenters. The van der Waals surface area contributed by atoms with E-state index in [1.807, 2.05) is 13.8 Å². The number of carbonyl (C=O) groups is 2. The Hall–Kier alpha value is -1.10. The Bertz CT molecular complexity index is 305. The lowest BCUT2D eigenvalue weighted by Crippen LogP contribution is -2.57. The molecule has 5 heteroatoms. The predicted molar refractivity (Wildman–Crippen MR) is 67.3 cm³/mol. The molecule has 0 radical (unpaired) electrons. The van der Waals surface area contributed by atoms with Gasteiger partial charge in [-0.25, -0.2) is 4.79 Å². The first kappa shape index (κ1) is 15.0. The molecule has 1 fully saturated rings. The maximum Gasteiger partial charge on any atom is 0.329 e. The van der Waals surface area contributed by atoms with Crippen molar-refractivity contribution in [1.82, 2.24) is 5.32 Å². The second kappa shape index (κ2) is 6.73. The minimum atomic E-state index is -1.09. The predicted octanol–water partition coefficient (Wildman–Crippen LogP) is 1.56. The molecule has 0 bridgehead atoms. The van der Waals surface area contributed by atoms with Crippen LogP contribution in [0.15, 0.2) is 0 Å². The normalized spacial score (nSPS) is 27.8. The zero-order chi connectivity index (χ0) is 13.6. The average molecular weight is 257 g/mol. The van der Waals surface area contributed by atoms with Crippen LogP contribution in [-0.2, 0) is 14.3 Å². The van der Waals surface area contributed by atoms with Crippen molar-refractivity contribution in [2.45, 2.75) is 51.5 Å². The maximum atomic E-state index is 11.7. The highest BCUT2D eigenvalue weighted by atomic mass is 16.5. The van der Waals surface area contributed by atoms with E-state index in [-0.39, 0.29) is 12.5 Å². The van der Waals surface area contributed by atoms with Gasteiger partial charge in [-0.3, -0.25) is 4.79 Å². The van der Waals surface area contributed by atoms with Crippen molar-refractivity contribution < 1.29 is 19.4 Å². The van der Waals surface area contributed by atoms with Crippen molar-refractivity contribution in [3.63, 3.8) is 0 Å². The van der Waals surface area contributed by atoms with Crippen molar-refractivity contribution in [2.24, 2.45) is 5.92 Å². The Morgan fingerprint density at radius 1 is 1.50 bits per heavy atom. The molecule has 0 aromatic carbocycles. The zero-order valence-corrected chi connectivity index (χ0v) is 11.2. The van der Waals surface area contributed by atoms with Gasteiger partial charge < -0.3 is 15.2 Å². The summed E-state index contributed by atoms with van der Waals surface area (Å²) in [7, 11) is 0. The molecule has 0 aliphatic heterocycles. The van der Waals surface area contributed by atoms with Crippen LogP contribution < -0.4 is 5.32 Å². The fourth-order valence-corrected chi connectivity index (χ4v) is 2.52. The smallest absolute Gasteiger partial charge is 0.329 e. The van der Waals surface area contributed by atoms with Crippen LogP contribution in [-0.4, -0.2) is 35.7 Å². The summed E-state index contributed by atoms with van der Waals surface area (Å²) in [6.07, 6.45) is 3.71. The van der Waals surface area contributed by atoms with Gasteiger partial charge >= 0.3 is 5.97 Å². The number of carboxylic acid groups (broad SMARTS) is 1. The van der Waals surface area contributed by atoms with E-state index >= 15 is 0 Å². The second-order valence-electron chi connectivity index (χ2n) is 5.19. The summed E-state index contributed by atoms with van der Waals surface area (Å²) in [6, 6.07) is 0. The first-order chi connectivity index (χ1) is 8.50. The molecule has 18 heavy (non-hydrogen) atoms. The van der Waals surface area contributed by atoms with E-state index in [1.165, 1.54) is 0 Å². The van der Waals surface area contributed by atoms with Crippen LogP contribution in [0.5, 0.6) is 0 Å². The third-order valence-electron chi connectivity index (χ3n) is 3.37. The molecule has 0 spiro atoms. The third-order valence-corrected chi connectivity index (χ3v) is 3.37. The van der Waals surface area contributed by atoms with Crippen LogP contribution in [0.2, 0.25) is 0 Å². The molecule has 0 aromatic rings. The highest BCUT2D eigenvalue weighted by molar-refractivity contribution is 5.87. The molecule has 0 aromatic heterocycles. The van der Waals surface area contributed by atoms with E-state index in [1.54, 1.807) is 0 Å². The molecule has 5 nitrogen and oxygen atoms in total. The summed E-state index contributed by atoms with van der Waals surface area (Å²) in [4.78, 5) is 23.1. The van der Waals surface area contributed by atoms with E-state index < -0.39 is 11.5 Å². The number of aliphatic carboxylic acids is 1. The van der Waals surface area contributed by atoms with Crippen LogP contribution in [0.25, 0.3) is 0 Å². The molecule has 0 saturated heterocycles. The van der Waals surface area contributed by atoms with Gasteiger partial charge in [0, 0.05) is 6.61 Å². The number of rotatable bonds is 6. The third kappa shape index (κ3) is 3.98. The number of hydrogen-bond acceptors (Lipinski definition) is 3. The molecule has 2 atom stereocenters. The summed E-state index contributed by atoms with van der Waals surface area (Å²) in [5, 5.41) is 12.0. The first-order valence-electron chi connectivity index (χ1n) is 6.62. The number of nitrogens with one attached hydrogen (secondary N) is 1. The fourth-order valence-electron chi connectivity index (χ4n) is 2.52. The molecular formula is C13H23NO4. The molecule has 2 N–H and O–H groups in total. The summed E-state index contributed by atoms with van der Waals surface area (Å²) in [5.41, 5.74) is -1.09. The van der Waals surface area contributed by atoms with Gasteiger partial charge in [-0.2, -0.15) is 0 Å². The van der Waals surface area contributed by atoms with Gasteiger partial charge in [-0.05, 0) is 25.2 Å². The molecule has 0 heterocycles. The Morgan fingerprint density at radius 3 is 2.78 bits per heavy atom. The standard InChI is InChI=1S/C13H23NO4/c1-3-7-18-9-11(15)14-13(12(16)17)6-4-5-10(2)8-13/h10H,3-9H2,1-2H3,(H,14,15)(H,16,17). The van der Waals surface area contributed by atoms with Crippen molar-refractivity contribution in [1.29, 1.82) is 0 Å². The summed E-state index contributed by atoms with van der Waals surface area (Å²) < 4.78 is 5.13. The molecule has 1 rings (SSSR count). The van der Waals surface area contributed by atoms with Crippen molar-refractivity contribution in [3.05, 3.63) is 0 Å². The van der Waals surface area contributed by atoms with E-state index in [9.17, 15) is 14.7 Å². The lowest BCUT2D eigenvalue weighted by molar-refractivity contribution is -0.150. The van der Waals surface area contributed by atoms with Crippen molar-refractivity contribution in [3.8, 4) is 0 Å². The van der Waals surface area contributed by atoms with Crippen molar-refractivity contribution in [2.75, 3.05) is 13.2 Å². The number of hydrogen-bond donors (Lipinski definition) is 2. The topological polar surface area (TPSA) is 75.6 Å². The van der Waals surface area contributed by atoms with Gasteiger partial charge in [-0.15, -0.1) is 0 Å². The molecular weight excluding hydrogens is 234 g/mol. The molecule has 1 aliphatic carbocycles. The van der Waals surface area contributed by atoms with Gasteiger partial charge in [0.15, 0.2) is 0 Å². The molecule has 104 valence electrons. The molecule has 1 saturated carbocycles. The minimum absolute atomic E-state index is 0.0583. The maximum absolute atomic E-state index is 11.7. The number of carboxylic acids is 1. The van der Waals surface area contributed by atoms with Crippen LogP contribution in [0.3, 0.4) is 0 Å². The Balaban J connectivity index is 2.57. The number of ether oxygens (including phenoxy) is 1. The van der Waals surface area contributed by atoms with Crippen molar-refractivity contribution >= 4 is 11.9 Å². The highest BCUT2D eigenvalue weighted by Gasteiger charge is 2.43. The Labute approximate surface area is 108 Å². The Kier molecular flexibility index (Phi) is 5.59. The van der Waals surface area contributed by atoms with E-state index in [0.717, 1.165) is 19.3 Å². The quantitative estimate of drug-likeness (QED) is 0.708. The number of carbonyl (C=O) groups excluding carboxylic acids is 1. The van der Waals surface area contributed by atoms with Gasteiger partial charge in [0.2, 0.25) is 5.91 Å². The largest absolute Gasteiger partial charge is 0.480 e. The monoisotopic (exact) mass is 257 g/mol. The Morgan fingerprint density at radius 2 is 2.22 bits per heavy atom. The van der Waals surface area contributed by atoms with Crippen LogP contribution in [0.1, 0.15) is 46.0 Å². The van der Waals surface area contributed by atoms with Gasteiger partial charge in [0.1, 0.15) is 12.1 Å². The van der Waals surface area contributed by atoms with Gasteiger partial charge in [0.25, 0.3) is 0 Å². The first-order valence-corrected chi connectivity index (χ1v) is 6.62. The number of amides is 1. The van der Waals surface area contributed by atoms with Crippen LogP contribution in [0.4, 0.5) is 0 Å². The van der Waals surface area contributed by atoms with Gasteiger partial charge in [0.05, 0.1) is 0 Å². The van der Waals surface area contributed by atoms with Crippen LogP contribution >= 0.6 is 0 Å². The van der Waals surface area contributed by atoms with E-state index in [2.05, 4.69) is 5.32 Å². The lowest BCUT2D eigenvalue weighted by atomic mass is 9.76. The molecule has 1 amide bonds. The van der Waals surface area contributed by atoms with Crippen LogP contribution in [0, 0.1) is 5.92 Å². The average Bonchev–Trinajstić information content (AvgIpc) is 2.29. The molecule has 1 aliphatic rings. The summed E-state index contributed by atoms with van der Waals surface area (Å²) in [6.45, 7) is 4.44. The van der Waals surface area contributed by atoms with E-state index in [4.69, 9.17) is 4.74 Å². The lowest BCUT2D eigenvalue weighted by Gasteiger charge is -2.37. The second-order valence-corrected chi connectivity index (χ2v) is 5.19. The van der Waals surface area contributed by atoms with E-state index in [0.29, 0.717) is 25.4 Å². The SMILES string of the molecule is CCCOCC(=O)NC1(C(=O)O)CCCC(C)C1. The highest BCUT2D eigenvalue weighted by Crippen LogP contribution is 2.32. The fraction of sp³-hybridized carbons (Fsp3) is 0.846. The minimum Gasteiger partial charge on any atom is -0.480 e.